The summed E-state index contributed by atoms with van der Waals surface area (Å²) in [4.78, 5) is 5.14. The molecule has 1 N–H and O–H groups in total. The lowest BCUT2D eigenvalue weighted by Crippen LogP contribution is -2.06. The number of thiophene rings is 1. The highest BCUT2D eigenvalue weighted by atomic mass is 35.5. The Morgan fingerprint density at radius 3 is 2.94 bits per heavy atom. The van der Waals surface area contributed by atoms with E-state index in [1.807, 2.05) is 19.1 Å². The molecule has 0 aliphatic heterocycles. The number of hydrogen-bond donors (Lipinski definition) is 1. The fourth-order valence-corrected chi connectivity index (χ4v) is 2.54. The monoisotopic (exact) mass is 263 g/mol. The van der Waals surface area contributed by atoms with E-state index < -0.39 is 0 Å². The van der Waals surface area contributed by atoms with Crippen LogP contribution in [0.15, 0.2) is 30.6 Å². The molecule has 0 aromatic carbocycles. The molecule has 1 unspecified atom stereocenters. The summed E-state index contributed by atoms with van der Waals surface area (Å²) in [6.45, 7) is 2.02. The molecular weight excluding hydrogens is 254 g/mol. The Morgan fingerprint density at radius 1 is 1.47 bits per heavy atom. The average molecular weight is 264 g/mol. The molecular formula is C12H10ClN3S. The summed E-state index contributed by atoms with van der Waals surface area (Å²) in [6.07, 6.45) is 3.26. The van der Waals surface area contributed by atoms with Gasteiger partial charge < -0.3 is 5.32 Å². The van der Waals surface area contributed by atoms with Crippen molar-refractivity contribution in [3.05, 3.63) is 45.4 Å². The van der Waals surface area contributed by atoms with E-state index in [-0.39, 0.29) is 6.04 Å². The molecule has 0 saturated carbocycles. The second-order valence-electron chi connectivity index (χ2n) is 3.54. The molecule has 0 aliphatic carbocycles. The van der Waals surface area contributed by atoms with Crippen LogP contribution in [0.4, 0.5) is 5.69 Å². The maximum Gasteiger partial charge on any atom is 0.101 e. The van der Waals surface area contributed by atoms with E-state index in [1.54, 1.807) is 18.5 Å². The van der Waals surface area contributed by atoms with Gasteiger partial charge in [-0.2, -0.15) is 5.26 Å². The molecule has 0 bridgehead atoms. The van der Waals surface area contributed by atoms with Crippen molar-refractivity contribution in [3.63, 3.8) is 0 Å². The van der Waals surface area contributed by atoms with Gasteiger partial charge in [-0.1, -0.05) is 11.6 Å². The third-order valence-electron chi connectivity index (χ3n) is 2.33. The van der Waals surface area contributed by atoms with E-state index in [0.29, 0.717) is 5.56 Å². The van der Waals surface area contributed by atoms with Gasteiger partial charge in [-0.25, -0.2) is 0 Å². The van der Waals surface area contributed by atoms with Crippen molar-refractivity contribution in [1.29, 1.82) is 5.26 Å². The Hall–Kier alpha value is -1.57. The Morgan fingerprint density at radius 2 is 2.29 bits per heavy atom. The minimum atomic E-state index is 0.101. The van der Waals surface area contributed by atoms with Crippen LogP contribution in [0.3, 0.4) is 0 Å². The van der Waals surface area contributed by atoms with Crippen LogP contribution in [-0.4, -0.2) is 4.98 Å². The van der Waals surface area contributed by atoms with Crippen LogP contribution >= 0.6 is 22.9 Å². The van der Waals surface area contributed by atoms with Crippen molar-refractivity contribution in [1.82, 2.24) is 4.98 Å². The van der Waals surface area contributed by atoms with E-state index >= 15 is 0 Å². The third-order valence-corrected chi connectivity index (χ3v) is 3.75. The van der Waals surface area contributed by atoms with E-state index in [9.17, 15) is 0 Å². The lowest BCUT2D eigenvalue weighted by molar-refractivity contribution is 0.905. The normalized spacial score (nSPS) is 11.8. The summed E-state index contributed by atoms with van der Waals surface area (Å²) in [7, 11) is 0. The fraction of sp³-hybridized carbons (Fsp3) is 0.167. The smallest absolute Gasteiger partial charge is 0.101 e. The maximum absolute atomic E-state index is 8.97. The summed E-state index contributed by atoms with van der Waals surface area (Å²) in [6, 6.07) is 7.77. The molecule has 3 nitrogen and oxygen atoms in total. The first-order valence-electron chi connectivity index (χ1n) is 5.06. The van der Waals surface area contributed by atoms with Crippen molar-refractivity contribution in [2.24, 2.45) is 0 Å². The molecule has 17 heavy (non-hydrogen) atoms. The van der Waals surface area contributed by atoms with E-state index in [1.165, 1.54) is 11.3 Å². The first-order valence-corrected chi connectivity index (χ1v) is 6.26. The molecule has 1 atom stereocenters. The SMILES string of the molecule is CC(Nc1cnccc1C#N)c1ccc(Cl)s1. The highest BCUT2D eigenvalue weighted by molar-refractivity contribution is 7.16. The van der Waals surface area contributed by atoms with Crippen LogP contribution in [0.5, 0.6) is 0 Å². The van der Waals surface area contributed by atoms with Crippen molar-refractivity contribution in [2.45, 2.75) is 13.0 Å². The zero-order valence-corrected chi connectivity index (χ0v) is 10.7. The van der Waals surface area contributed by atoms with Gasteiger partial charge in [0.05, 0.1) is 27.8 Å². The molecule has 2 aromatic rings. The van der Waals surface area contributed by atoms with Gasteiger partial charge in [-0.15, -0.1) is 11.3 Å². The topological polar surface area (TPSA) is 48.7 Å². The van der Waals surface area contributed by atoms with Gasteiger partial charge >= 0.3 is 0 Å². The largest absolute Gasteiger partial charge is 0.375 e. The number of aromatic nitrogens is 1. The van der Waals surface area contributed by atoms with E-state index in [4.69, 9.17) is 16.9 Å². The molecule has 86 valence electrons. The summed E-state index contributed by atoms with van der Waals surface area (Å²) in [5.41, 5.74) is 1.33. The number of halogens is 1. The first-order chi connectivity index (χ1) is 8.20. The van der Waals surface area contributed by atoms with Gasteiger partial charge in [0.15, 0.2) is 0 Å². The van der Waals surface area contributed by atoms with Crippen molar-refractivity contribution in [2.75, 3.05) is 5.32 Å². The molecule has 0 radical (unpaired) electrons. The number of nitrogens with one attached hydrogen (secondary N) is 1. The maximum atomic E-state index is 8.97. The van der Waals surface area contributed by atoms with Crippen molar-refractivity contribution in [3.8, 4) is 6.07 Å². The highest BCUT2D eigenvalue weighted by Crippen LogP contribution is 2.29. The summed E-state index contributed by atoms with van der Waals surface area (Å²) in [5.74, 6) is 0. The lowest BCUT2D eigenvalue weighted by atomic mass is 10.2. The summed E-state index contributed by atoms with van der Waals surface area (Å²) >= 11 is 7.42. The zero-order valence-electron chi connectivity index (χ0n) is 9.14. The van der Waals surface area contributed by atoms with Crippen LogP contribution < -0.4 is 5.32 Å². The molecule has 5 heteroatoms. The fourth-order valence-electron chi connectivity index (χ4n) is 1.47. The average Bonchev–Trinajstić information content (AvgIpc) is 2.77. The Labute approximate surface area is 109 Å². The van der Waals surface area contributed by atoms with Gasteiger partial charge in [-0.05, 0) is 25.1 Å². The predicted molar refractivity (Wildman–Crippen MR) is 70.3 cm³/mol. The Kier molecular flexibility index (Phi) is 3.62. The van der Waals surface area contributed by atoms with Crippen molar-refractivity contribution < 1.29 is 0 Å². The van der Waals surface area contributed by atoms with Crippen LogP contribution in [0.1, 0.15) is 23.4 Å². The molecule has 2 rings (SSSR count). The van der Waals surface area contributed by atoms with E-state index in [0.717, 1.165) is 14.9 Å². The molecule has 0 aliphatic rings. The molecule has 0 saturated heterocycles. The predicted octanol–water partition coefficient (Wildman–Crippen LogP) is 3.84. The highest BCUT2D eigenvalue weighted by Gasteiger charge is 2.10. The standard InChI is InChI=1S/C12H10ClN3S/c1-8(11-2-3-12(13)17-11)16-10-7-15-5-4-9(10)6-14/h2-5,7-8,16H,1H3. The number of anilines is 1. The van der Waals surface area contributed by atoms with Crippen LogP contribution in [0, 0.1) is 11.3 Å². The van der Waals surface area contributed by atoms with Crippen LogP contribution in [0.2, 0.25) is 4.34 Å². The summed E-state index contributed by atoms with van der Waals surface area (Å²) in [5, 5.41) is 12.2. The van der Waals surface area contributed by atoms with Gasteiger partial charge in [0, 0.05) is 11.1 Å². The number of pyridine rings is 1. The first kappa shape index (κ1) is 11.9. The summed E-state index contributed by atoms with van der Waals surface area (Å²) < 4.78 is 0.764. The third kappa shape index (κ3) is 2.76. The van der Waals surface area contributed by atoms with Gasteiger partial charge in [-0.3, -0.25) is 4.98 Å². The molecule has 0 fully saturated rings. The minimum Gasteiger partial charge on any atom is -0.375 e. The van der Waals surface area contributed by atoms with Crippen molar-refractivity contribution >= 4 is 28.6 Å². The number of rotatable bonds is 3. The lowest BCUT2D eigenvalue weighted by Gasteiger charge is -2.14. The van der Waals surface area contributed by atoms with Gasteiger partial charge in [0.1, 0.15) is 6.07 Å². The zero-order chi connectivity index (χ0) is 12.3. The van der Waals surface area contributed by atoms with E-state index in [2.05, 4.69) is 16.4 Å². The van der Waals surface area contributed by atoms with Gasteiger partial charge in [0.25, 0.3) is 0 Å². The molecule has 2 aromatic heterocycles. The Bertz CT molecular complexity index is 559. The molecule has 2 heterocycles. The van der Waals surface area contributed by atoms with Gasteiger partial charge in [0.2, 0.25) is 0 Å². The number of nitriles is 1. The Balaban J connectivity index is 2.19. The minimum absolute atomic E-state index is 0.101. The van der Waals surface area contributed by atoms with Crippen LogP contribution in [0.25, 0.3) is 0 Å². The molecule has 0 spiro atoms. The molecule has 0 amide bonds. The quantitative estimate of drug-likeness (QED) is 0.915. The number of hydrogen-bond acceptors (Lipinski definition) is 4. The number of nitrogens with zero attached hydrogens (tertiary/aromatic N) is 2. The second kappa shape index (κ2) is 5.17. The second-order valence-corrected chi connectivity index (χ2v) is 5.29. The van der Waals surface area contributed by atoms with Crippen LogP contribution in [-0.2, 0) is 0 Å².